The summed E-state index contributed by atoms with van der Waals surface area (Å²) in [7, 11) is 4.11. The van der Waals surface area contributed by atoms with Gasteiger partial charge in [0.25, 0.3) is 5.91 Å². The van der Waals surface area contributed by atoms with Crippen LogP contribution >= 0.6 is 22.9 Å². The Bertz CT molecular complexity index is 858. The number of nitrogens with one attached hydrogen (secondary N) is 2. The van der Waals surface area contributed by atoms with E-state index >= 15 is 0 Å². The largest absolute Gasteiger partial charge is 0.345 e. The van der Waals surface area contributed by atoms with E-state index in [1.807, 2.05) is 35.7 Å². The van der Waals surface area contributed by atoms with Gasteiger partial charge in [0.15, 0.2) is 0 Å². The van der Waals surface area contributed by atoms with E-state index in [-0.39, 0.29) is 5.91 Å². The molecule has 0 fully saturated rings. The summed E-state index contributed by atoms with van der Waals surface area (Å²) in [4.78, 5) is 15.0. The Morgan fingerprint density at radius 3 is 2.80 bits per heavy atom. The number of rotatable bonds is 6. The second-order valence-electron chi connectivity index (χ2n) is 6.00. The lowest BCUT2D eigenvalue weighted by Crippen LogP contribution is -3.06. The molecule has 0 saturated carbocycles. The van der Waals surface area contributed by atoms with Gasteiger partial charge in [-0.05, 0) is 35.7 Å². The number of hydrogen-bond donors (Lipinski definition) is 2. The van der Waals surface area contributed by atoms with Crippen LogP contribution in [0.3, 0.4) is 0 Å². The van der Waals surface area contributed by atoms with Crippen molar-refractivity contribution < 1.29 is 9.69 Å². The first-order valence-corrected chi connectivity index (χ1v) is 9.27. The monoisotopic (exact) mass is 375 g/mol. The van der Waals surface area contributed by atoms with Gasteiger partial charge in [0.2, 0.25) is 0 Å². The summed E-state index contributed by atoms with van der Waals surface area (Å²) in [6, 6.07) is 13.1. The average molecular weight is 376 g/mol. The molecule has 0 radical (unpaired) electrons. The molecule has 25 heavy (non-hydrogen) atoms. The van der Waals surface area contributed by atoms with Crippen molar-refractivity contribution in [3.05, 3.63) is 58.6 Å². The SMILES string of the molecule is C[NH+](C)CCNC(=O)c1cc(-c2cccs2)nn1-c1cccc(Cl)c1. The summed E-state index contributed by atoms with van der Waals surface area (Å²) in [6.07, 6.45) is 0. The van der Waals surface area contributed by atoms with Gasteiger partial charge in [-0.25, -0.2) is 4.68 Å². The molecule has 7 heteroatoms. The van der Waals surface area contributed by atoms with Crippen LogP contribution in [0, 0.1) is 0 Å². The van der Waals surface area contributed by atoms with Gasteiger partial charge in [-0.1, -0.05) is 23.7 Å². The van der Waals surface area contributed by atoms with Crippen LogP contribution < -0.4 is 10.2 Å². The van der Waals surface area contributed by atoms with Crippen molar-refractivity contribution >= 4 is 28.8 Å². The van der Waals surface area contributed by atoms with Gasteiger partial charge in [-0.3, -0.25) is 4.79 Å². The molecule has 130 valence electrons. The van der Waals surface area contributed by atoms with Gasteiger partial charge >= 0.3 is 0 Å². The Hall–Kier alpha value is -2.15. The number of amides is 1. The van der Waals surface area contributed by atoms with E-state index in [2.05, 4.69) is 24.5 Å². The van der Waals surface area contributed by atoms with Crippen LogP contribution in [0.4, 0.5) is 0 Å². The third-order valence-electron chi connectivity index (χ3n) is 3.68. The molecule has 0 aliphatic carbocycles. The summed E-state index contributed by atoms with van der Waals surface area (Å²) in [5.41, 5.74) is 2.04. The number of carbonyl (C=O) groups is 1. The molecule has 2 N–H and O–H groups in total. The Balaban J connectivity index is 1.96. The zero-order chi connectivity index (χ0) is 17.8. The van der Waals surface area contributed by atoms with E-state index in [0.717, 1.165) is 22.8 Å². The number of likely N-dealkylation sites (N-methyl/N-ethyl adjacent to an activating group) is 1. The molecule has 3 rings (SSSR count). The Labute approximate surface area is 155 Å². The lowest BCUT2D eigenvalue weighted by molar-refractivity contribution is -0.856. The summed E-state index contributed by atoms with van der Waals surface area (Å²) >= 11 is 7.70. The maximum atomic E-state index is 12.7. The van der Waals surface area contributed by atoms with Crippen LogP contribution in [-0.2, 0) is 0 Å². The van der Waals surface area contributed by atoms with E-state index in [4.69, 9.17) is 11.6 Å². The molecule has 1 aromatic carbocycles. The molecule has 0 unspecified atom stereocenters. The fourth-order valence-corrected chi connectivity index (χ4v) is 3.27. The first-order valence-electron chi connectivity index (χ1n) is 8.01. The number of benzene rings is 1. The normalized spacial score (nSPS) is 11.0. The van der Waals surface area contributed by atoms with Crippen molar-refractivity contribution in [2.24, 2.45) is 0 Å². The third-order valence-corrected chi connectivity index (χ3v) is 4.81. The highest BCUT2D eigenvalue weighted by molar-refractivity contribution is 7.13. The minimum absolute atomic E-state index is 0.142. The maximum Gasteiger partial charge on any atom is 0.270 e. The van der Waals surface area contributed by atoms with Crippen molar-refractivity contribution in [3.63, 3.8) is 0 Å². The zero-order valence-electron chi connectivity index (χ0n) is 14.1. The van der Waals surface area contributed by atoms with E-state index in [1.165, 1.54) is 4.90 Å². The first-order chi connectivity index (χ1) is 12.0. The van der Waals surface area contributed by atoms with Crippen molar-refractivity contribution in [1.29, 1.82) is 0 Å². The smallest absolute Gasteiger partial charge is 0.270 e. The van der Waals surface area contributed by atoms with Gasteiger partial charge in [0.1, 0.15) is 11.4 Å². The molecular formula is C18H20ClN4OS+. The molecule has 0 aliphatic rings. The summed E-state index contributed by atoms with van der Waals surface area (Å²) in [5, 5.41) is 10.2. The number of hydrogen-bond acceptors (Lipinski definition) is 3. The van der Waals surface area contributed by atoms with Gasteiger partial charge in [-0.2, -0.15) is 5.10 Å². The average Bonchev–Trinajstić information content (AvgIpc) is 3.24. The molecule has 0 atom stereocenters. The maximum absolute atomic E-state index is 12.7. The predicted octanol–water partition coefficient (Wildman–Crippen LogP) is 2.13. The molecule has 2 aromatic heterocycles. The number of halogens is 1. The third kappa shape index (κ3) is 4.28. The highest BCUT2D eigenvalue weighted by Gasteiger charge is 2.18. The summed E-state index contributed by atoms with van der Waals surface area (Å²) in [6.45, 7) is 1.46. The lowest BCUT2D eigenvalue weighted by atomic mass is 10.3. The first kappa shape index (κ1) is 17.7. The summed E-state index contributed by atoms with van der Waals surface area (Å²) < 4.78 is 1.65. The standard InChI is InChI=1S/C18H19ClN4OS/c1-22(2)9-8-20-18(24)16-12-15(17-7-4-10-25-17)21-23(16)14-6-3-5-13(19)11-14/h3-7,10-12H,8-9H2,1-2H3,(H,20,24)/p+1. The number of aromatic nitrogens is 2. The predicted molar refractivity (Wildman–Crippen MR) is 102 cm³/mol. The van der Waals surface area contributed by atoms with Gasteiger partial charge in [0, 0.05) is 5.02 Å². The topological polar surface area (TPSA) is 51.4 Å². The van der Waals surface area contributed by atoms with Crippen LogP contribution in [0.25, 0.3) is 16.3 Å². The number of thiophene rings is 1. The minimum atomic E-state index is -0.142. The molecule has 0 bridgehead atoms. The molecule has 3 aromatic rings. The van der Waals surface area contributed by atoms with Gasteiger partial charge < -0.3 is 10.2 Å². The highest BCUT2D eigenvalue weighted by Crippen LogP contribution is 2.26. The second kappa shape index (κ2) is 7.82. The number of quaternary nitrogens is 1. The van der Waals surface area contributed by atoms with Crippen LogP contribution in [0.1, 0.15) is 10.5 Å². The quantitative estimate of drug-likeness (QED) is 0.693. The molecule has 2 heterocycles. The van der Waals surface area contributed by atoms with E-state index in [9.17, 15) is 4.79 Å². The van der Waals surface area contributed by atoms with Crippen LogP contribution in [0.2, 0.25) is 5.02 Å². The van der Waals surface area contributed by atoms with Crippen LogP contribution in [0.5, 0.6) is 0 Å². The Morgan fingerprint density at radius 2 is 2.12 bits per heavy atom. The van der Waals surface area contributed by atoms with Gasteiger partial charge in [0.05, 0.1) is 37.7 Å². The molecule has 0 spiro atoms. The number of carbonyl (C=O) groups excluding carboxylic acids is 1. The Morgan fingerprint density at radius 1 is 1.28 bits per heavy atom. The molecule has 5 nitrogen and oxygen atoms in total. The fraction of sp³-hybridized carbons (Fsp3) is 0.222. The highest BCUT2D eigenvalue weighted by atomic mass is 35.5. The van der Waals surface area contributed by atoms with Crippen LogP contribution in [-0.4, -0.2) is 42.9 Å². The zero-order valence-corrected chi connectivity index (χ0v) is 15.7. The minimum Gasteiger partial charge on any atom is -0.345 e. The van der Waals surface area contributed by atoms with Crippen LogP contribution in [0.15, 0.2) is 47.8 Å². The molecule has 0 saturated heterocycles. The summed E-state index contributed by atoms with van der Waals surface area (Å²) in [5.74, 6) is -0.142. The fourth-order valence-electron chi connectivity index (χ4n) is 2.41. The molecule has 1 amide bonds. The van der Waals surface area contributed by atoms with E-state index in [0.29, 0.717) is 17.3 Å². The Kier molecular flexibility index (Phi) is 5.53. The van der Waals surface area contributed by atoms with E-state index in [1.54, 1.807) is 28.2 Å². The van der Waals surface area contributed by atoms with Crippen molar-refractivity contribution in [1.82, 2.24) is 15.1 Å². The van der Waals surface area contributed by atoms with Crippen molar-refractivity contribution in [2.75, 3.05) is 27.2 Å². The van der Waals surface area contributed by atoms with Crippen molar-refractivity contribution in [3.8, 4) is 16.3 Å². The van der Waals surface area contributed by atoms with Crippen molar-refractivity contribution in [2.45, 2.75) is 0 Å². The number of nitrogens with zero attached hydrogens (tertiary/aromatic N) is 2. The second-order valence-corrected chi connectivity index (χ2v) is 7.38. The lowest BCUT2D eigenvalue weighted by Gasteiger charge is -2.10. The molecular weight excluding hydrogens is 356 g/mol. The molecule has 0 aliphatic heterocycles. The van der Waals surface area contributed by atoms with E-state index < -0.39 is 0 Å². The van der Waals surface area contributed by atoms with Gasteiger partial charge in [-0.15, -0.1) is 11.3 Å².